The number of aromatic nitrogens is 1. The first kappa shape index (κ1) is 26.9. The Morgan fingerprint density at radius 3 is 2.56 bits per heavy atom. The zero-order chi connectivity index (χ0) is 27.4. The number of methoxy groups -OCH3 is 1. The summed E-state index contributed by atoms with van der Waals surface area (Å²) in [6, 6.07) is 15.1. The van der Waals surface area contributed by atoms with Gasteiger partial charge in [-0.2, -0.15) is 4.57 Å². The average Bonchev–Trinajstić information content (AvgIpc) is 3.44. The molecule has 212 valence electrons. The highest BCUT2D eigenvalue weighted by atomic mass is 35.5. The molecule has 0 unspecified atom stereocenters. The minimum absolute atomic E-state index is 0. The van der Waals surface area contributed by atoms with Gasteiger partial charge >= 0.3 is 0 Å². The molecule has 3 aliphatic rings. The Kier molecular flexibility index (Phi) is 6.96. The summed E-state index contributed by atoms with van der Waals surface area (Å²) in [5.74, 6) is 2.12. The molecule has 3 aromatic carbocycles. The predicted octanol–water partition coefficient (Wildman–Crippen LogP) is 1.03. The van der Waals surface area contributed by atoms with E-state index in [0.29, 0.717) is 31.1 Å². The van der Waals surface area contributed by atoms with Crippen molar-refractivity contribution in [2.75, 3.05) is 45.0 Å². The minimum atomic E-state index is -0.319. The SMILES string of the molecule is COc1cc(CN2CCN(c3ccccc3[N+](=O)[O-])CC2)c2cc3[n+](cc2c1O)CCc1cc2c(cc1-3)OCO2.[Cl-]. The molecule has 0 atom stereocenters. The Labute approximate surface area is 242 Å². The first-order valence-electron chi connectivity index (χ1n) is 13.4. The Bertz CT molecular complexity index is 1670. The van der Waals surface area contributed by atoms with E-state index >= 15 is 0 Å². The second kappa shape index (κ2) is 10.6. The van der Waals surface area contributed by atoms with Crippen LogP contribution in [-0.4, -0.2) is 55.0 Å². The highest BCUT2D eigenvalue weighted by Gasteiger charge is 2.30. The van der Waals surface area contributed by atoms with Crippen molar-refractivity contribution >= 4 is 22.1 Å². The zero-order valence-electron chi connectivity index (χ0n) is 22.5. The third-order valence-corrected chi connectivity index (χ3v) is 8.21. The number of anilines is 1. The van der Waals surface area contributed by atoms with Crippen molar-refractivity contribution in [1.82, 2.24) is 4.90 Å². The van der Waals surface area contributed by atoms with Crippen LogP contribution < -0.4 is 36.1 Å². The molecule has 0 aliphatic carbocycles. The third-order valence-electron chi connectivity index (χ3n) is 8.21. The van der Waals surface area contributed by atoms with E-state index in [1.807, 2.05) is 24.4 Å². The number of fused-ring (bicyclic) bond motifs is 5. The van der Waals surface area contributed by atoms with Crippen LogP contribution in [0, 0.1) is 10.1 Å². The molecule has 7 rings (SSSR count). The van der Waals surface area contributed by atoms with Crippen molar-refractivity contribution in [2.24, 2.45) is 0 Å². The van der Waals surface area contributed by atoms with E-state index in [-0.39, 0.29) is 35.6 Å². The number of hydrogen-bond acceptors (Lipinski definition) is 8. The second-order valence-corrected chi connectivity index (χ2v) is 10.4. The Hall–Kier alpha value is -4.28. The van der Waals surface area contributed by atoms with Gasteiger partial charge in [-0.05, 0) is 35.4 Å². The van der Waals surface area contributed by atoms with Gasteiger partial charge in [0.1, 0.15) is 5.69 Å². The molecular formula is C30H29ClN4O6. The minimum Gasteiger partial charge on any atom is -1.00 e. The number of ether oxygens (including phenoxy) is 3. The fraction of sp³-hybridized carbons (Fsp3) is 0.300. The molecule has 0 amide bonds. The number of phenolic OH excluding ortho intramolecular Hbond substituents is 1. The van der Waals surface area contributed by atoms with Crippen molar-refractivity contribution in [3.05, 3.63) is 76.0 Å². The van der Waals surface area contributed by atoms with Crippen LogP contribution in [0.2, 0.25) is 0 Å². The van der Waals surface area contributed by atoms with E-state index in [9.17, 15) is 15.2 Å². The maximum Gasteiger partial charge on any atom is 0.292 e. The summed E-state index contributed by atoms with van der Waals surface area (Å²) >= 11 is 0. The first-order valence-corrected chi connectivity index (χ1v) is 13.4. The molecule has 11 heteroatoms. The van der Waals surface area contributed by atoms with E-state index in [4.69, 9.17) is 14.2 Å². The first-order chi connectivity index (χ1) is 19.5. The zero-order valence-corrected chi connectivity index (χ0v) is 23.3. The molecule has 41 heavy (non-hydrogen) atoms. The molecule has 3 aliphatic heterocycles. The van der Waals surface area contributed by atoms with Crippen LogP contribution in [0.15, 0.2) is 54.7 Å². The number of piperazine rings is 1. The van der Waals surface area contributed by atoms with Crippen LogP contribution in [0.25, 0.3) is 22.0 Å². The summed E-state index contributed by atoms with van der Waals surface area (Å²) < 4.78 is 19.0. The molecule has 0 saturated carbocycles. The number of aromatic hydroxyl groups is 1. The van der Waals surface area contributed by atoms with Gasteiger partial charge in [0, 0.05) is 56.7 Å². The van der Waals surface area contributed by atoms with Crippen LogP contribution in [0.1, 0.15) is 11.1 Å². The number of nitro benzene ring substituents is 1. The standard InChI is InChI=1S/C30H28N4O6.ClH/c1-38-29-13-20(16-31-8-10-32(11-9-31)24-4-2-3-5-25(24)34(36)37)21-14-26-22-15-28-27(39-18-40-28)12-19(22)6-7-33(26)17-23(21)30(29)35;/h2-5,12-15,17H,6-11,16,18H2,1H3;1H. The Morgan fingerprint density at radius 1 is 1.05 bits per heavy atom. The van der Waals surface area contributed by atoms with Crippen LogP contribution in [0.4, 0.5) is 11.4 Å². The number of halogens is 1. The van der Waals surface area contributed by atoms with Gasteiger partial charge in [0.2, 0.25) is 12.5 Å². The molecule has 1 saturated heterocycles. The van der Waals surface area contributed by atoms with Crippen LogP contribution in [-0.2, 0) is 19.5 Å². The lowest BCUT2D eigenvalue weighted by molar-refractivity contribution is -0.686. The average molecular weight is 577 g/mol. The third kappa shape index (κ3) is 4.62. The van der Waals surface area contributed by atoms with Crippen molar-refractivity contribution in [3.63, 3.8) is 0 Å². The fourth-order valence-electron chi connectivity index (χ4n) is 6.13. The van der Waals surface area contributed by atoms with Crippen molar-refractivity contribution in [3.8, 4) is 34.3 Å². The largest absolute Gasteiger partial charge is 1.00 e. The molecule has 1 aromatic heterocycles. The second-order valence-electron chi connectivity index (χ2n) is 10.4. The number of rotatable bonds is 5. The molecule has 1 fully saturated rings. The quantitative estimate of drug-likeness (QED) is 0.214. The van der Waals surface area contributed by atoms with E-state index < -0.39 is 0 Å². The highest BCUT2D eigenvalue weighted by Crippen LogP contribution is 2.42. The number of nitro groups is 1. The monoisotopic (exact) mass is 576 g/mol. The maximum atomic E-state index is 11.5. The molecular weight excluding hydrogens is 548 g/mol. The van der Waals surface area contributed by atoms with Gasteiger partial charge in [-0.25, -0.2) is 0 Å². The maximum absolute atomic E-state index is 11.5. The summed E-state index contributed by atoms with van der Waals surface area (Å²) in [6.45, 7) is 4.56. The number of nitrogens with zero attached hydrogens (tertiary/aromatic N) is 4. The van der Waals surface area contributed by atoms with Crippen LogP contribution in [0.3, 0.4) is 0 Å². The van der Waals surface area contributed by atoms with Crippen molar-refractivity contribution in [1.29, 1.82) is 0 Å². The van der Waals surface area contributed by atoms with Crippen LogP contribution >= 0.6 is 0 Å². The number of phenols is 1. The van der Waals surface area contributed by atoms with Gasteiger partial charge < -0.3 is 36.6 Å². The van der Waals surface area contributed by atoms with Gasteiger partial charge in [0.15, 0.2) is 35.7 Å². The molecule has 0 spiro atoms. The van der Waals surface area contributed by atoms with Crippen molar-refractivity contribution in [2.45, 2.75) is 19.5 Å². The number of para-hydroxylation sites is 2. The summed E-state index contributed by atoms with van der Waals surface area (Å²) in [5.41, 5.74) is 5.24. The van der Waals surface area contributed by atoms with E-state index in [2.05, 4.69) is 32.6 Å². The van der Waals surface area contributed by atoms with E-state index in [0.717, 1.165) is 65.1 Å². The lowest BCUT2D eigenvalue weighted by Crippen LogP contribution is -3.00. The smallest absolute Gasteiger partial charge is 0.292 e. The lowest BCUT2D eigenvalue weighted by atomic mass is 9.94. The van der Waals surface area contributed by atoms with E-state index in [1.165, 1.54) is 5.56 Å². The van der Waals surface area contributed by atoms with Crippen LogP contribution in [0.5, 0.6) is 23.0 Å². The van der Waals surface area contributed by atoms with Gasteiger partial charge in [0.25, 0.3) is 5.69 Å². The summed E-state index contributed by atoms with van der Waals surface area (Å²) in [7, 11) is 1.57. The predicted molar refractivity (Wildman–Crippen MR) is 148 cm³/mol. The van der Waals surface area contributed by atoms with Crippen molar-refractivity contribution < 1.29 is 41.2 Å². The van der Waals surface area contributed by atoms with Gasteiger partial charge in [0.05, 0.1) is 23.0 Å². The molecule has 1 N–H and O–H groups in total. The molecule has 4 heterocycles. The molecule has 4 aromatic rings. The molecule has 0 bridgehead atoms. The summed E-state index contributed by atoms with van der Waals surface area (Å²) in [5, 5.41) is 24.3. The Morgan fingerprint density at radius 2 is 1.80 bits per heavy atom. The van der Waals surface area contributed by atoms with Gasteiger partial charge in [-0.1, -0.05) is 12.1 Å². The number of aryl methyl sites for hydroxylation is 2. The lowest BCUT2D eigenvalue weighted by Gasteiger charge is -2.36. The normalized spacial score (nSPS) is 15.7. The summed E-state index contributed by atoms with van der Waals surface area (Å²) in [6.07, 6.45) is 2.88. The topological polar surface area (TPSA) is 101 Å². The van der Waals surface area contributed by atoms with Gasteiger partial charge in [-0.3, -0.25) is 15.0 Å². The molecule has 0 radical (unpaired) electrons. The number of benzene rings is 3. The number of pyridine rings is 1. The summed E-state index contributed by atoms with van der Waals surface area (Å²) in [4.78, 5) is 15.6. The van der Waals surface area contributed by atoms with Gasteiger partial charge in [-0.15, -0.1) is 0 Å². The molecule has 10 nitrogen and oxygen atoms in total. The van der Waals surface area contributed by atoms with E-state index in [1.54, 1.807) is 19.2 Å². The Balaban J connectivity index is 0.00000302. The fourth-order valence-corrected chi connectivity index (χ4v) is 6.13. The highest BCUT2D eigenvalue weighted by molar-refractivity contribution is 5.94. The number of hydrogen-bond donors (Lipinski definition) is 1.